The lowest BCUT2D eigenvalue weighted by atomic mass is 10.1. The molecule has 2 fully saturated rings. The maximum atomic E-state index is 5.96. The molecule has 0 N–H and O–H groups in total. The van der Waals surface area contributed by atoms with E-state index < -0.39 is 0 Å². The second-order valence-electron chi connectivity index (χ2n) is 5.80. The van der Waals surface area contributed by atoms with Crippen LogP contribution in [0.1, 0.15) is 45.4 Å². The maximum absolute atomic E-state index is 5.96. The minimum Gasteiger partial charge on any atom is -0.376 e. The molecule has 2 rings (SSSR count). The number of nitrogens with zero attached hydrogens (tertiary/aromatic N) is 2. The summed E-state index contributed by atoms with van der Waals surface area (Å²) in [5.41, 5.74) is 0. The van der Waals surface area contributed by atoms with Gasteiger partial charge in [0.25, 0.3) is 0 Å². The largest absolute Gasteiger partial charge is 0.376 e. The molecular weight excluding hydrogens is 224 g/mol. The number of piperidine rings is 2. The topological polar surface area (TPSA) is 15.7 Å². The zero-order valence-electron chi connectivity index (χ0n) is 12.1. The summed E-state index contributed by atoms with van der Waals surface area (Å²) in [6, 6.07) is 0. The van der Waals surface area contributed by atoms with E-state index in [0.29, 0.717) is 6.10 Å². The van der Waals surface area contributed by atoms with Crippen molar-refractivity contribution in [3.05, 3.63) is 0 Å². The minimum atomic E-state index is 0.422. The van der Waals surface area contributed by atoms with Crippen LogP contribution in [-0.4, -0.2) is 61.8 Å². The molecular formula is C15H30N2O. The fourth-order valence-electron chi connectivity index (χ4n) is 3.26. The van der Waals surface area contributed by atoms with Crippen LogP contribution < -0.4 is 0 Å². The molecule has 0 aromatic rings. The third-order valence-corrected chi connectivity index (χ3v) is 4.22. The van der Waals surface area contributed by atoms with Gasteiger partial charge in [0.2, 0.25) is 0 Å². The Kier molecular flexibility index (Phi) is 6.46. The van der Waals surface area contributed by atoms with Gasteiger partial charge in [0, 0.05) is 19.7 Å². The van der Waals surface area contributed by atoms with Gasteiger partial charge in [0.1, 0.15) is 0 Å². The summed E-state index contributed by atoms with van der Waals surface area (Å²) < 4.78 is 5.96. The molecule has 0 aliphatic carbocycles. The quantitative estimate of drug-likeness (QED) is 0.724. The zero-order chi connectivity index (χ0) is 12.6. The molecule has 106 valence electrons. The second-order valence-corrected chi connectivity index (χ2v) is 5.80. The van der Waals surface area contributed by atoms with Crippen molar-refractivity contribution in [2.75, 3.05) is 45.9 Å². The predicted molar refractivity (Wildman–Crippen MR) is 76.0 cm³/mol. The smallest absolute Gasteiger partial charge is 0.0828 e. The highest BCUT2D eigenvalue weighted by Crippen LogP contribution is 2.13. The molecule has 0 saturated carbocycles. The van der Waals surface area contributed by atoms with Crippen LogP contribution in [0.4, 0.5) is 0 Å². The molecule has 0 bridgehead atoms. The van der Waals surface area contributed by atoms with Crippen LogP contribution in [0.5, 0.6) is 0 Å². The van der Waals surface area contributed by atoms with Crippen LogP contribution in [0.3, 0.4) is 0 Å². The summed E-state index contributed by atoms with van der Waals surface area (Å²) in [7, 11) is 0. The van der Waals surface area contributed by atoms with E-state index >= 15 is 0 Å². The van der Waals surface area contributed by atoms with E-state index in [0.717, 1.165) is 19.7 Å². The van der Waals surface area contributed by atoms with E-state index in [9.17, 15) is 0 Å². The molecule has 0 radical (unpaired) electrons. The third kappa shape index (κ3) is 4.87. The molecule has 2 aliphatic rings. The fourth-order valence-corrected chi connectivity index (χ4v) is 3.26. The Labute approximate surface area is 112 Å². The molecule has 0 aromatic heterocycles. The molecule has 3 nitrogen and oxygen atoms in total. The van der Waals surface area contributed by atoms with Gasteiger partial charge >= 0.3 is 0 Å². The fraction of sp³-hybridized carbons (Fsp3) is 1.00. The van der Waals surface area contributed by atoms with Crippen LogP contribution in [0.15, 0.2) is 0 Å². The number of ether oxygens (including phenoxy) is 1. The zero-order valence-corrected chi connectivity index (χ0v) is 12.1. The van der Waals surface area contributed by atoms with E-state index in [1.807, 2.05) is 0 Å². The van der Waals surface area contributed by atoms with Gasteiger partial charge in [-0.2, -0.15) is 0 Å². The highest BCUT2D eigenvalue weighted by molar-refractivity contribution is 4.75. The first-order chi connectivity index (χ1) is 8.88. The van der Waals surface area contributed by atoms with Crippen LogP contribution in [0, 0.1) is 0 Å². The predicted octanol–water partition coefficient (Wildman–Crippen LogP) is 2.36. The summed E-state index contributed by atoms with van der Waals surface area (Å²) >= 11 is 0. The Morgan fingerprint density at radius 1 is 0.778 bits per heavy atom. The molecule has 3 heteroatoms. The highest BCUT2D eigenvalue weighted by atomic mass is 16.5. The number of likely N-dealkylation sites (tertiary alicyclic amines) is 2. The third-order valence-electron chi connectivity index (χ3n) is 4.22. The van der Waals surface area contributed by atoms with Crippen LogP contribution in [-0.2, 0) is 4.74 Å². The summed E-state index contributed by atoms with van der Waals surface area (Å²) in [6.07, 6.45) is 8.77. The average Bonchev–Trinajstić information content (AvgIpc) is 2.41. The van der Waals surface area contributed by atoms with E-state index in [2.05, 4.69) is 16.7 Å². The first-order valence-electron chi connectivity index (χ1n) is 7.95. The molecule has 0 spiro atoms. The van der Waals surface area contributed by atoms with Crippen molar-refractivity contribution in [1.29, 1.82) is 0 Å². The van der Waals surface area contributed by atoms with Crippen molar-refractivity contribution >= 4 is 0 Å². The molecule has 0 unspecified atom stereocenters. The standard InChI is InChI=1S/C15H30N2O/c1-2-18-15(13-16-9-5-3-6-10-16)14-17-11-7-4-8-12-17/h15H,2-14H2,1H3. The van der Waals surface area contributed by atoms with Gasteiger partial charge in [0.05, 0.1) is 6.10 Å². The Hall–Kier alpha value is -0.120. The first-order valence-corrected chi connectivity index (χ1v) is 7.95. The lowest BCUT2D eigenvalue weighted by Gasteiger charge is -2.34. The number of hydrogen-bond donors (Lipinski definition) is 0. The lowest BCUT2D eigenvalue weighted by Crippen LogP contribution is -2.44. The van der Waals surface area contributed by atoms with E-state index in [-0.39, 0.29) is 0 Å². The van der Waals surface area contributed by atoms with Crippen molar-refractivity contribution in [3.63, 3.8) is 0 Å². The Balaban J connectivity index is 1.74. The number of hydrogen-bond acceptors (Lipinski definition) is 3. The summed E-state index contributed by atoms with van der Waals surface area (Å²) in [6.45, 7) is 10.4. The van der Waals surface area contributed by atoms with E-state index in [4.69, 9.17) is 4.74 Å². The van der Waals surface area contributed by atoms with Crippen molar-refractivity contribution in [2.24, 2.45) is 0 Å². The Bertz CT molecular complexity index is 191. The van der Waals surface area contributed by atoms with Crippen molar-refractivity contribution in [3.8, 4) is 0 Å². The van der Waals surface area contributed by atoms with Crippen molar-refractivity contribution in [2.45, 2.75) is 51.6 Å². The monoisotopic (exact) mass is 254 g/mol. The van der Waals surface area contributed by atoms with E-state index in [1.165, 1.54) is 64.7 Å². The van der Waals surface area contributed by atoms with Crippen LogP contribution in [0.25, 0.3) is 0 Å². The molecule has 0 aromatic carbocycles. The van der Waals surface area contributed by atoms with Gasteiger partial charge in [-0.1, -0.05) is 12.8 Å². The maximum Gasteiger partial charge on any atom is 0.0828 e. The molecule has 18 heavy (non-hydrogen) atoms. The van der Waals surface area contributed by atoms with Gasteiger partial charge in [-0.25, -0.2) is 0 Å². The molecule has 0 amide bonds. The van der Waals surface area contributed by atoms with E-state index in [1.54, 1.807) is 0 Å². The minimum absolute atomic E-state index is 0.422. The van der Waals surface area contributed by atoms with Gasteiger partial charge in [-0.3, -0.25) is 0 Å². The van der Waals surface area contributed by atoms with Gasteiger partial charge in [0.15, 0.2) is 0 Å². The first kappa shape index (κ1) is 14.3. The Morgan fingerprint density at radius 2 is 1.22 bits per heavy atom. The summed E-state index contributed by atoms with van der Waals surface area (Å²) in [5, 5.41) is 0. The number of rotatable bonds is 6. The normalized spacial score (nSPS) is 23.7. The van der Waals surface area contributed by atoms with Crippen molar-refractivity contribution in [1.82, 2.24) is 9.80 Å². The molecule has 2 heterocycles. The lowest BCUT2D eigenvalue weighted by molar-refractivity contribution is 0.00308. The van der Waals surface area contributed by atoms with Crippen molar-refractivity contribution < 1.29 is 4.74 Å². The SMILES string of the molecule is CCOC(CN1CCCCC1)CN1CCCCC1. The van der Waals surface area contributed by atoms with Gasteiger partial charge in [-0.05, 0) is 58.8 Å². The van der Waals surface area contributed by atoms with Gasteiger partial charge < -0.3 is 14.5 Å². The summed E-state index contributed by atoms with van der Waals surface area (Å²) in [5.74, 6) is 0. The van der Waals surface area contributed by atoms with Gasteiger partial charge in [-0.15, -0.1) is 0 Å². The van der Waals surface area contributed by atoms with Crippen LogP contribution in [0.2, 0.25) is 0 Å². The molecule has 0 atom stereocenters. The van der Waals surface area contributed by atoms with Crippen LogP contribution >= 0.6 is 0 Å². The Morgan fingerprint density at radius 3 is 1.61 bits per heavy atom. The molecule has 2 aliphatic heterocycles. The average molecular weight is 254 g/mol. The highest BCUT2D eigenvalue weighted by Gasteiger charge is 2.20. The molecule has 2 saturated heterocycles. The second kappa shape index (κ2) is 8.13. The summed E-state index contributed by atoms with van der Waals surface area (Å²) in [4.78, 5) is 5.21.